The molecule has 1 saturated heterocycles. The van der Waals surface area contributed by atoms with Crippen LogP contribution in [-0.2, 0) is 20.9 Å². The first-order chi connectivity index (χ1) is 19.5. The first-order valence-corrected chi connectivity index (χ1v) is 13.5. The molecule has 0 saturated carbocycles. The number of hydrogen-bond acceptors (Lipinski definition) is 8. The van der Waals surface area contributed by atoms with Gasteiger partial charge in [-0.15, -0.1) is 0 Å². The van der Waals surface area contributed by atoms with Crippen LogP contribution in [0.5, 0.6) is 5.75 Å². The highest BCUT2D eigenvalue weighted by Crippen LogP contribution is 2.35. The van der Waals surface area contributed by atoms with Crippen molar-refractivity contribution in [1.29, 1.82) is 0 Å². The number of rotatable bonds is 11. The Morgan fingerprint density at radius 2 is 1.80 bits per heavy atom. The molecule has 1 aliphatic heterocycles. The number of likely N-dealkylation sites (tertiary alicyclic amines) is 1. The third kappa shape index (κ3) is 8.59. The minimum Gasteiger partial charge on any atom is -0.441 e. The molecule has 16 heteroatoms. The SMILES string of the molecule is NC(N)=NCCC[C@@H](C(=O)N1CCC[C@H]1C(=O)Oc1cc(Cl)c(Cl)cc1Cl)N(C(=O)OCc1ccccc1)[N+](=O)[O-]. The number of hydrogen-bond donors (Lipinski definition) is 2. The average Bonchev–Trinajstić information content (AvgIpc) is 3.42. The molecule has 0 radical (unpaired) electrons. The summed E-state index contributed by atoms with van der Waals surface area (Å²) in [7, 11) is 0. The Morgan fingerprint density at radius 1 is 1.12 bits per heavy atom. The van der Waals surface area contributed by atoms with Crippen LogP contribution in [0.1, 0.15) is 31.2 Å². The van der Waals surface area contributed by atoms with E-state index in [1.54, 1.807) is 30.3 Å². The number of nitro groups is 1. The molecule has 4 N–H and O–H groups in total. The van der Waals surface area contributed by atoms with Crippen LogP contribution in [0.15, 0.2) is 47.5 Å². The summed E-state index contributed by atoms with van der Waals surface area (Å²) in [6.45, 7) is -0.136. The van der Waals surface area contributed by atoms with E-state index in [1.807, 2.05) is 0 Å². The van der Waals surface area contributed by atoms with Gasteiger partial charge in [0.25, 0.3) is 5.91 Å². The predicted molar refractivity (Wildman–Crippen MR) is 151 cm³/mol. The molecule has 0 spiro atoms. The number of ether oxygens (including phenoxy) is 2. The van der Waals surface area contributed by atoms with E-state index in [4.69, 9.17) is 55.7 Å². The van der Waals surface area contributed by atoms with Crippen LogP contribution in [0.4, 0.5) is 4.79 Å². The third-order valence-electron chi connectivity index (χ3n) is 6.07. The maximum absolute atomic E-state index is 13.7. The molecule has 1 heterocycles. The van der Waals surface area contributed by atoms with E-state index in [9.17, 15) is 24.5 Å². The van der Waals surface area contributed by atoms with E-state index in [-0.39, 0.29) is 70.7 Å². The van der Waals surface area contributed by atoms with Crippen molar-refractivity contribution in [2.24, 2.45) is 16.5 Å². The van der Waals surface area contributed by atoms with Crippen molar-refractivity contribution < 1.29 is 28.9 Å². The van der Waals surface area contributed by atoms with Crippen molar-refractivity contribution in [2.75, 3.05) is 13.1 Å². The van der Waals surface area contributed by atoms with Gasteiger partial charge in [-0.2, -0.15) is 0 Å². The second kappa shape index (κ2) is 14.7. The fourth-order valence-electron chi connectivity index (χ4n) is 4.16. The molecular formula is C25H27Cl3N6O7. The molecule has 1 aliphatic rings. The highest BCUT2D eigenvalue weighted by Gasteiger charge is 2.46. The van der Waals surface area contributed by atoms with Gasteiger partial charge in [0.2, 0.25) is 0 Å². The van der Waals surface area contributed by atoms with Gasteiger partial charge in [0.05, 0.1) is 15.1 Å². The summed E-state index contributed by atoms with van der Waals surface area (Å²) in [6, 6.07) is 8.33. The number of aliphatic imine (C=N–C) groups is 1. The van der Waals surface area contributed by atoms with Gasteiger partial charge in [0.1, 0.15) is 12.6 Å². The minimum absolute atomic E-state index is 0.0157. The van der Waals surface area contributed by atoms with Crippen molar-refractivity contribution in [3.05, 3.63) is 73.2 Å². The van der Waals surface area contributed by atoms with Gasteiger partial charge in [0.15, 0.2) is 22.8 Å². The van der Waals surface area contributed by atoms with E-state index in [0.717, 1.165) is 4.90 Å². The quantitative estimate of drug-likeness (QED) is 0.0545. The van der Waals surface area contributed by atoms with E-state index in [0.29, 0.717) is 12.0 Å². The number of hydrazine groups is 1. The summed E-state index contributed by atoms with van der Waals surface area (Å²) in [5.74, 6) is -1.96. The van der Waals surface area contributed by atoms with Crippen LogP contribution in [0.3, 0.4) is 0 Å². The summed E-state index contributed by atoms with van der Waals surface area (Å²) in [6.07, 6.45) is -0.834. The maximum atomic E-state index is 13.7. The van der Waals surface area contributed by atoms with Gasteiger partial charge < -0.3 is 25.8 Å². The van der Waals surface area contributed by atoms with Gasteiger partial charge in [-0.05, 0) is 42.3 Å². The smallest absolute Gasteiger partial charge is 0.441 e. The van der Waals surface area contributed by atoms with E-state index < -0.39 is 35.1 Å². The highest BCUT2D eigenvalue weighted by molar-refractivity contribution is 6.43. The number of nitrogens with zero attached hydrogens (tertiary/aromatic N) is 4. The molecule has 0 unspecified atom stereocenters. The summed E-state index contributed by atoms with van der Waals surface area (Å²) in [5.41, 5.74) is 11.3. The van der Waals surface area contributed by atoms with Gasteiger partial charge in [-0.25, -0.2) is 19.7 Å². The number of amides is 2. The van der Waals surface area contributed by atoms with E-state index in [2.05, 4.69) is 4.99 Å². The standard InChI is InChI=1S/C25H27Cl3N6O7/c26-16-12-18(28)21(13-17(16)27)41-23(36)20-9-5-11-32(20)22(35)19(8-4-10-31-24(29)30)33(34(38)39)25(37)40-14-15-6-2-1-3-7-15/h1-3,6-7,12-13,19-20H,4-5,8-11,14H2,(H4,29,30,31)/t19-,20-/m0/s1. The molecule has 2 atom stereocenters. The van der Waals surface area contributed by atoms with Crippen molar-refractivity contribution in [1.82, 2.24) is 9.91 Å². The Balaban J connectivity index is 1.83. The third-order valence-corrected chi connectivity index (χ3v) is 7.09. The van der Waals surface area contributed by atoms with Gasteiger partial charge in [-0.1, -0.05) is 65.1 Å². The van der Waals surface area contributed by atoms with Crippen molar-refractivity contribution >= 4 is 58.7 Å². The Bertz CT molecular complexity index is 1310. The molecule has 2 aromatic rings. The minimum atomic E-state index is -1.63. The van der Waals surface area contributed by atoms with Crippen molar-refractivity contribution in [3.8, 4) is 5.75 Å². The summed E-state index contributed by atoms with van der Waals surface area (Å²) in [4.78, 5) is 56.8. The molecule has 1 fully saturated rings. The topological polar surface area (TPSA) is 184 Å². The van der Waals surface area contributed by atoms with Crippen LogP contribution >= 0.6 is 34.8 Å². The van der Waals surface area contributed by atoms with Crippen LogP contribution in [0.2, 0.25) is 15.1 Å². The number of carbonyl (C=O) groups is 3. The maximum Gasteiger partial charge on any atom is 0.469 e. The summed E-state index contributed by atoms with van der Waals surface area (Å²) >= 11 is 18.0. The molecule has 220 valence electrons. The number of benzene rings is 2. The van der Waals surface area contributed by atoms with Crippen LogP contribution in [0.25, 0.3) is 0 Å². The zero-order chi connectivity index (χ0) is 30.1. The van der Waals surface area contributed by atoms with Crippen LogP contribution < -0.4 is 16.2 Å². The second-order valence-corrected chi connectivity index (χ2v) is 10.1. The Kier molecular flexibility index (Phi) is 11.4. The molecule has 2 aromatic carbocycles. The van der Waals surface area contributed by atoms with Crippen molar-refractivity contribution in [3.63, 3.8) is 0 Å². The first-order valence-electron chi connectivity index (χ1n) is 12.4. The van der Waals surface area contributed by atoms with Crippen LogP contribution in [-0.4, -0.2) is 64.0 Å². The van der Waals surface area contributed by atoms with E-state index in [1.165, 1.54) is 12.1 Å². The van der Waals surface area contributed by atoms with Gasteiger partial charge >= 0.3 is 12.1 Å². The summed E-state index contributed by atoms with van der Waals surface area (Å²) in [5, 5.41) is 11.4. The second-order valence-electron chi connectivity index (χ2n) is 8.89. The monoisotopic (exact) mass is 628 g/mol. The predicted octanol–water partition coefficient (Wildman–Crippen LogP) is 3.80. The van der Waals surface area contributed by atoms with Gasteiger partial charge in [-0.3, -0.25) is 9.79 Å². The number of carbonyl (C=O) groups excluding carboxylic acids is 3. The Labute approximate surface area is 250 Å². The lowest BCUT2D eigenvalue weighted by Gasteiger charge is -2.29. The molecule has 13 nitrogen and oxygen atoms in total. The fraction of sp³-hybridized carbons (Fsp3) is 0.360. The number of guanidine groups is 1. The molecule has 0 bridgehead atoms. The van der Waals surface area contributed by atoms with E-state index >= 15 is 0 Å². The zero-order valence-electron chi connectivity index (χ0n) is 21.6. The lowest BCUT2D eigenvalue weighted by Crippen LogP contribution is -2.55. The molecule has 2 amide bonds. The van der Waals surface area contributed by atoms with Crippen LogP contribution in [0, 0.1) is 10.1 Å². The van der Waals surface area contributed by atoms with Crippen molar-refractivity contribution in [2.45, 2.75) is 44.4 Å². The number of nitrogens with two attached hydrogens (primary N) is 2. The molecule has 0 aliphatic carbocycles. The number of halogens is 3. The molecular weight excluding hydrogens is 603 g/mol. The molecule has 41 heavy (non-hydrogen) atoms. The lowest BCUT2D eigenvalue weighted by molar-refractivity contribution is -0.641. The number of esters is 1. The molecule has 3 rings (SSSR count). The largest absolute Gasteiger partial charge is 0.469 e. The lowest BCUT2D eigenvalue weighted by atomic mass is 10.1. The molecule has 0 aromatic heterocycles. The first kappa shape index (κ1) is 31.7. The summed E-state index contributed by atoms with van der Waals surface area (Å²) < 4.78 is 10.6. The fourth-order valence-corrected chi connectivity index (χ4v) is 4.74. The van der Waals surface area contributed by atoms with Gasteiger partial charge in [0, 0.05) is 19.2 Å². The Hall–Kier alpha value is -3.81. The highest BCUT2D eigenvalue weighted by atomic mass is 35.5. The Morgan fingerprint density at radius 3 is 2.46 bits per heavy atom. The zero-order valence-corrected chi connectivity index (χ0v) is 23.8. The normalized spacial score (nSPS) is 15.1. The average molecular weight is 630 g/mol.